The van der Waals surface area contributed by atoms with Gasteiger partial charge in [-0.05, 0) is 36.5 Å². The van der Waals surface area contributed by atoms with Gasteiger partial charge in [0.05, 0.1) is 5.39 Å². The SMILES string of the molecule is O=C1CCN(c2noc3ccc(CN4CCN(CC5CCCCC5)CC4)cc23)C(=O)N1. The number of benzene rings is 1. The highest BCUT2D eigenvalue weighted by Crippen LogP contribution is 2.29. The Balaban J connectivity index is 1.21. The van der Waals surface area contributed by atoms with Crippen LogP contribution in [0.5, 0.6) is 0 Å². The fraction of sp³-hybridized carbons (Fsp3) is 0.609. The number of urea groups is 1. The van der Waals surface area contributed by atoms with Crippen LogP contribution in [0.2, 0.25) is 0 Å². The first-order valence-electron chi connectivity index (χ1n) is 11.6. The maximum atomic E-state index is 12.2. The van der Waals surface area contributed by atoms with Crippen LogP contribution in [0.15, 0.2) is 22.7 Å². The average Bonchev–Trinajstić information content (AvgIpc) is 3.19. The summed E-state index contributed by atoms with van der Waals surface area (Å²) in [6, 6.07) is 5.63. The van der Waals surface area contributed by atoms with Gasteiger partial charge < -0.3 is 9.42 Å². The largest absolute Gasteiger partial charge is 0.354 e. The fourth-order valence-corrected chi connectivity index (χ4v) is 5.16. The molecule has 2 saturated heterocycles. The number of aromatic nitrogens is 1. The lowest BCUT2D eigenvalue weighted by Gasteiger charge is -2.37. The summed E-state index contributed by atoms with van der Waals surface area (Å²) in [4.78, 5) is 30.3. The van der Waals surface area contributed by atoms with Crippen molar-refractivity contribution in [2.75, 3.05) is 44.2 Å². The second kappa shape index (κ2) is 8.96. The third kappa shape index (κ3) is 4.60. The molecule has 3 amide bonds. The minimum atomic E-state index is -0.439. The molecule has 0 radical (unpaired) electrons. The zero-order valence-electron chi connectivity index (χ0n) is 18.0. The van der Waals surface area contributed by atoms with Gasteiger partial charge in [0.2, 0.25) is 5.91 Å². The van der Waals surface area contributed by atoms with Crippen molar-refractivity contribution in [3.63, 3.8) is 0 Å². The van der Waals surface area contributed by atoms with Crippen LogP contribution in [0.4, 0.5) is 10.6 Å². The van der Waals surface area contributed by atoms with Gasteiger partial charge in [-0.3, -0.25) is 19.9 Å². The highest BCUT2D eigenvalue weighted by molar-refractivity contribution is 6.08. The molecule has 8 heteroatoms. The number of imide groups is 1. The minimum Gasteiger partial charge on any atom is -0.354 e. The Morgan fingerprint density at radius 2 is 1.77 bits per heavy atom. The topological polar surface area (TPSA) is 81.9 Å². The van der Waals surface area contributed by atoms with E-state index in [1.807, 2.05) is 6.07 Å². The van der Waals surface area contributed by atoms with E-state index in [-0.39, 0.29) is 12.3 Å². The number of rotatable bonds is 5. The number of nitrogens with one attached hydrogen (secondary N) is 1. The molecule has 3 aliphatic rings. The molecule has 3 fully saturated rings. The molecule has 1 aromatic carbocycles. The van der Waals surface area contributed by atoms with Crippen LogP contribution in [0.1, 0.15) is 44.1 Å². The van der Waals surface area contributed by atoms with E-state index >= 15 is 0 Å². The summed E-state index contributed by atoms with van der Waals surface area (Å²) in [5, 5.41) is 7.27. The van der Waals surface area contributed by atoms with Gasteiger partial charge >= 0.3 is 6.03 Å². The molecule has 31 heavy (non-hydrogen) atoms. The molecule has 0 unspecified atom stereocenters. The Bertz CT molecular complexity index is 944. The maximum absolute atomic E-state index is 12.2. The zero-order valence-corrected chi connectivity index (χ0v) is 18.0. The summed E-state index contributed by atoms with van der Waals surface area (Å²) in [6.07, 6.45) is 7.32. The first-order valence-corrected chi connectivity index (χ1v) is 11.6. The van der Waals surface area contributed by atoms with Crippen molar-refractivity contribution in [1.29, 1.82) is 0 Å². The zero-order chi connectivity index (χ0) is 21.2. The monoisotopic (exact) mass is 425 g/mol. The second-order valence-electron chi connectivity index (χ2n) is 9.17. The van der Waals surface area contributed by atoms with E-state index in [1.54, 1.807) is 0 Å². The molecule has 2 aliphatic heterocycles. The Labute approximate surface area is 182 Å². The summed E-state index contributed by atoms with van der Waals surface area (Å²) >= 11 is 0. The van der Waals surface area contributed by atoms with Crippen LogP contribution < -0.4 is 10.2 Å². The normalized spacial score (nSPS) is 22.3. The minimum absolute atomic E-state index is 0.252. The fourth-order valence-electron chi connectivity index (χ4n) is 5.16. The summed E-state index contributed by atoms with van der Waals surface area (Å²) in [6.45, 7) is 6.90. The summed E-state index contributed by atoms with van der Waals surface area (Å²) < 4.78 is 5.43. The van der Waals surface area contributed by atoms with Gasteiger partial charge in [0.25, 0.3) is 0 Å². The molecule has 166 valence electrons. The van der Waals surface area contributed by atoms with E-state index in [1.165, 1.54) is 49.1 Å². The third-order valence-electron chi connectivity index (χ3n) is 6.94. The van der Waals surface area contributed by atoms with Crippen LogP contribution >= 0.6 is 0 Å². The third-order valence-corrected chi connectivity index (χ3v) is 6.94. The molecular formula is C23H31N5O3. The molecule has 1 saturated carbocycles. The van der Waals surface area contributed by atoms with Gasteiger partial charge in [-0.15, -0.1) is 0 Å². The van der Waals surface area contributed by atoms with E-state index in [0.717, 1.165) is 44.0 Å². The lowest BCUT2D eigenvalue weighted by atomic mass is 9.89. The van der Waals surface area contributed by atoms with Crippen LogP contribution in [0.25, 0.3) is 11.0 Å². The standard InChI is InChI=1S/C23H31N5O3/c29-21-8-9-28(23(30)24-21)22-19-14-18(6-7-20(19)31-25-22)16-27-12-10-26(11-13-27)15-17-4-2-1-3-5-17/h6-7,14,17H,1-5,8-13,15-16H2,(H,24,29,30). The molecule has 1 aromatic heterocycles. The van der Waals surface area contributed by atoms with Gasteiger partial charge in [-0.1, -0.05) is 30.5 Å². The number of piperazine rings is 1. The molecule has 8 nitrogen and oxygen atoms in total. The highest BCUT2D eigenvalue weighted by atomic mass is 16.5. The smallest absolute Gasteiger partial charge is 0.329 e. The van der Waals surface area contributed by atoms with Crippen molar-refractivity contribution in [3.05, 3.63) is 23.8 Å². The molecule has 0 bridgehead atoms. The Morgan fingerprint density at radius 3 is 2.55 bits per heavy atom. The number of hydrogen-bond acceptors (Lipinski definition) is 6. The quantitative estimate of drug-likeness (QED) is 0.793. The van der Waals surface area contributed by atoms with E-state index in [0.29, 0.717) is 17.9 Å². The van der Waals surface area contributed by atoms with Crippen LogP contribution in [-0.2, 0) is 11.3 Å². The molecule has 3 heterocycles. The highest BCUT2D eigenvalue weighted by Gasteiger charge is 2.28. The predicted octanol–water partition coefficient (Wildman–Crippen LogP) is 2.97. The van der Waals surface area contributed by atoms with Crippen molar-refractivity contribution in [2.45, 2.75) is 45.1 Å². The average molecular weight is 426 g/mol. The van der Waals surface area contributed by atoms with Crippen molar-refractivity contribution in [3.8, 4) is 0 Å². The maximum Gasteiger partial charge on any atom is 0.329 e. The van der Waals surface area contributed by atoms with Gasteiger partial charge in [-0.25, -0.2) is 4.79 Å². The number of carbonyl (C=O) groups excluding carboxylic acids is 2. The number of amides is 3. The first kappa shape index (κ1) is 20.5. The molecule has 0 spiro atoms. The number of carbonyl (C=O) groups is 2. The summed E-state index contributed by atoms with van der Waals surface area (Å²) in [7, 11) is 0. The van der Waals surface area contributed by atoms with Crippen LogP contribution in [0, 0.1) is 5.92 Å². The van der Waals surface area contributed by atoms with Crippen molar-refractivity contribution < 1.29 is 14.1 Å². The predicted molar refractivity (Wildman–Crippen MR) is 118 cm³/mol. The van der Waals surface area contributed by atoms with Gasteiger partial charge in [0.1, 0.15) is 0 Å². The molecular weight excluding hydrogens is 394 g/mol. The van der Waals surface area contributed by atoms with Crippen molar-refractivity contribution in [1.82, 2.24) is 20.3 Å². The molecule has 5 rings (SSSR count). The lowest BCUT2D eigenvalue weighted by Crippen LogP contribution is -2.49. The molecule has 1 N–H and O–H groups in total. The van der Waals surface area contributed by atoms with Gasteiger partial charge in [0.15, 0.2) is 11.4 Å². The molecule has 0 atom stereocenters. The van der Waals surface area contributed by atoms with E-state index in [9.17, 15) is 9.59 Å². The molecule has 1 aliphatic carbocycles. The second-order valence-corrected chi connectivity index (χ2v) is 9.17. The number of fused-ring (bicyclic) bond motifs is 1. The van der Waals surface area contributed by atoms with E-state index in [2.05, 4.69) is 32.4 Å². The lowest BCUT2D eigenvalue weighted by molar-refractivity contribution is -0.120. The van der Waals surface area contributed by atoms with Crippen molar-refractivity contribution in [2.24, 2.45) is 5.92 Å². The van der Waals surface area contributed by atoms with Gasteiger partial charge in [0, 0.05) is 52.2 Å². The number of anilines is 1. The van der Waals surface area contributed by atoms with E-state index in [4.69, 9.17) is 4.52 Å². The Kier molecular flexibility index (Phi) is 5.91. The number of hydrogen-bond donors (Lipinski definition) is 1. The summed E-state index contributed by atoms with van der Waals surface area (Å²) in [5.41, 5.74) is 1.84. The summed E-state index contributed by atoms with van der Waals surface area (Å²) in [5.74, 6) is 1.13. The number of nitrogens with zero attached hydrogens (tertiary/aromatic N) is 4. The molecule has 2 aromatic rings. The van der Waals surface area contributed by atoms with Gasteiger partial charge in [-0.2, -0.15) is 0 Å². The van der Waals surface area contributed by atoms with E-state index < -0.39 is 6.03 Å². The van der Waals surface area contributed by atoms with Crippen molar-refractivity contribution >= 4 is 28.7 Å². The van der Waals surface area contributed by atoms with Crippen LogP contribution in [0.3, 0.4) is 0 Å². The van der Waals surface area contributed by atoms with Crippen LogP contribution in [-0.4, -0.2) is 66.2 Å². The Hall–Kier alpha value is -2.45. The first-order chi connectivity index (χ1) is 15.2. The Morgan fingerprint density at radius 1 is 1.00 bits per heavy atom.